The van der Waals surface area contributed by atoms with E-state index in [1.807, 2.05) is 56.3 Å². The molecular weight excluding hydrogens is 388 g/mol. The molecule has 0 bridgehead atoms. The lowest BCUT2D eigenvalue weighted by atomic mass is 10.1. The fourth-order valence-corrected chi connectivity index (χ4v) is 3.20. The fraction of sp³-hybridized carbons (Fsp3) is 0.391. The third-order valence-electron chi connectivity index (χ3n) is 4.55. The van der Waals surface area contributed by atoms with E-state index in [2.05, 4.69) is 5.32 Å². The number of ether oxygens (including phenoxy) is 1. The topological polar surface area (TPSA) is 58.6 Å². The van der Waals surface area contributed by atoms with Gasteiger partial charge in [0.25, 0.3) is 0 Å². The van der Waals surface area contributed by atoms with Gasteiger partial charge in [0.15, 0.2) is 0 Å². The number of halogens is 1. The Balaban J connectivity index is 2.02. The van der Waals surface area contributed by atoms with Crippen molar-refractivity contribution in [3.8, 4) is 5.75 Å². The van der Waals surface area contributed by atoms with Crippen LogP contribution in [0, 0.1) is 0 Å². The molecule has 2 aromatic carbocycles. The van der Waals surface area contributed by atoms with Crippen molar-refractivity contribution in [2.75, 3.05) is 13.2 Å². The number of hydrogen-bond acceptors (Lipinski definition) is 3. The van der Waals surface area contributed by atoms with E-state index in [0.717, 1.165) is 11.3 Å². The Kier molecular flexibility index (Phi) is 9.51. The number of amides is 2. The van der Waals surface area contributed by atoms with Gasteiger partial charge in [-0.05, 0) is 49.6 Å². The molecule has 6 heteroatoms. The van der Waals surface area contributed by atoms with Gasteiger partial charge in [-0.3, -0.25) is 9.59 Å². The summed E-state index contributed by atoms with van der Waals surface area (Å²) in [5.74, 6) is 0.597. The number of carbonyl (C=O) groups excluding carboxylic acids is 2. The maximum Gasteiger partial charge on any atom is 0.242 e. The van der Waals surface area contributed by atoms with E-state index in [0.29, 0.717) is 44.0 Å². The van der Waals surface area contributed by atoms with Crippen LogP contribution in [0.3, 0.4) is 0 Å². The van der Waals surface area contributed by atoms with Gasteiger partial charge in [0.1, 0.15) is 11.8 Å². The molecule has 1 atom stereocenters. The summed E-state index contributed by atoms with van der Waals surface area (Å²) in [5.41, 5.74) is 0.936. The first-order valence-corrected chi connectivity index (χ1v) is 10.4. The lowest BCUT2D eigenvalue weighted by Crippen LogP contribution is -2.49. The van der Waals surface area contributed by atoms with Crippen molar-refractivity contribution in [2.24, 2.45) is 0 Å². The molecule has 0 aromatic heterocycles. The summed E-state index contributed by atoms with van der Waals surface area (Å²) in [6, 6.07) is 16.4. The second kappa shape index (κ2) is 12.1. The van der Waals surface area contributed by atoms with Gasteiger partial charge in [0, 0.05) is 24.5 Å². The van der Waals surface area contributed by atoms with Crippen LogP contribution in [-0.4, -0.2) is 35.9 Å². The van der Waals surface area contributed by atoms with Gasteiger partial charge in [-0.1, -0.05) is 48.9 Å². The van der Waals surface area contributed by atoms with Crippen molar-refractivity contribution >= 4 is 23.4 Å². The van der Waals surface area contributed by atoms with Gasteiger partial charge in [-0.15, -0.1) is 0 Å². The molecule has 1 N–H and O–H groups in total. The van der Waals surface area contributed by atoms with Crippen molar-refractivity contribution in [3.63, 3.8) is 0 Å². The molecule has 0 heterocycles. The third-order valence-corrected chi connectivity index (χ3v) is 4.80. The molecule has 156 valence electrons. The first-order valence-electron chi connectivity index (χ1n) is 10.0. The van der Waals surface area contributed by atoms with E-state index in [9.17, 15) is 9.59 Å². The van der Waals surface area contributed by atoms with Gasteiger partial charge in [-0.2, -0.15) is 0 Å². The van der Waals surface area contributed by atoms with Crippen molar-refractivity contribution < 1.29 is 14.3 Å². The zero-order valence-corrected chi connectivity index (χ0v) is 17.8. The van der Waals surface area contributed by atoms with Crippen LogP contribution in [0.1, 0.15) is 38.7 Å². The van der Waals surface area contributed by atoms with Gasteiger partial charge >= 0.3 is 0 Å². The van der Waals surface area contributed by atoms with Crippen LogP contribution in [0.25, 0.3) is 0 Å². The lowest BCUT2D eigenvalue weighted by molar-refractivity contribution is -0.141. The number of benzene rings is 2. The van der Waals surface area contributed by atoms with E-state index < -0.39 is 6.04 Å². The molecule has 0 saturated carbocycles. The van der Waals surface area contributed by atoms with Crippen LogP contribution in [0.15, 0.2) is 54.6 Å². The number of nitrogens with one attached hydrogen (secondary N) is 1. The Morgan fingerprint density at radius 3 is 2.38 bits per heavy atom. The highest BCUT2D eigenvalue weighted by molar-refractivity contribution is 6.30. The highest BCUT2D eigenvalue weighted by Gasteiger charge is 2.27. The van der Waals surface area contributed by atoms with Crippen LogP contribution < -0.4 is 10.1 Å². The largest absolute Gasteiger partial charge is 0.494 e. The van der Waals surface area contributed by atoms with E-state index in [1.54, 1.807) is 17.0 Å². The average molecular weight is 417 g/mol. The monoisotopic (exact) mass is 416 g/mol. The molecule has 29 heavy (non-hydrogen) atoms. The van der Waals surface area contributed by atoms with Crippen LogP contribution in [0.2, 0.25) is 5.02 Å². The molecule has 2 aromatic rings. The molecule has 5 nitrogen and oxygen atoms in total. The minimum absolute atomic E-state index is 0.0604. The molecule has 0 aliphatic heterocycles. The smallest absolute Gasteiger partial charge is 0.242 e. The van der Waals surface area contributed by atoms with Crippen LogP contribution >= 0.6 is 11.6 Å². The zero-order chi connectivity index (χ0) is 21.1. The summed E-state index contributed by atoms with van der Waals surface area (Å²) in [6.07, 6.45) is 1.44. The highest BCUT2D eigenvalue weighted by Crippen LogP contribution is 2.17. The van der Waals surface area contributed by atoms with Crippen LogP contribution in [0.5, 0.6) is 5.75 Å². The molecule has 0 fully saturated rings. The van der Waals surface area contributed by atoms with E-state index in [4.69, 9.17) is 16.3 Å². The number of carbonyl (C=O) groups is 2. The Labute approximate surface area is 178 Å². The van der Waals surface area contributed by atoms with Gasteiger partial charge < -0.3 is 15.0 Å². The van der Waals surface area contributed by atoms with Gasteiger partial charge in [-0.25, -0.2) is 0 Å². The zero-order valence-electron chi connectivity index (χ0n) is 17.1. The number of hydrogen-bond donors (Lipinski definition) is 1. The molecule has 0 radical (unpaired) electrons. The fourth-order valence-electron chi connectivity index (χ4n) is 3.07. The standard InChI is InChI=1S/C23H29ClN2O3/c1-3-21(23(28)25-4-2)26(17-18-12-14-19(24)15-13-18)22(27)11-8-16-29-20-9-6-5-7-10-20/h5-7,9-10,12-15,21H,3-4,8,11,16-17H2,1-2H3,(H,25,28)/t21-/m0/s1. The Morgan fingerprint density at radius 1 is 1.07 bits per heavy atom. The van der Waals surface area contributed by atoms with Crippen molar-refractivity contribution in [1.82, 2.24) is 10.2 Å². The minimum Gasteiger partial charge on any atom is -0.494 e. The summed E-state index contributed by atoms with van der Waals surface area (Å²) in [4.78, 5) is 27.2. The molecule has 0 unspecified atom stereocenters. The summed E-state index contributed by atoms with van der Waals surface area (Å²) in [6.45, 7) is 5.13. The molecule has 2 amide bonds. The van der Waals surface area contributed by atoms with Crippen LogP contribution in [-0.2, 0) is 16.1 Å². The summed E-state index contributed by atoms with van der Waals surface area (Å²) in [5, 5.41) is 3.48. The van der Waals surface area contributed by atoms with Gasteiger partial charge in [0.2, 0.25) is 11.8 Å². The number of rotatable bonds is 11. The van der Waals surface area contributed by atoms with Crippen molar-refractivity contribution in [1.29, 1.82) is 0 Å². The SMILES string of the molecule is CCNC(=O)[C@H](CC)N(Cc1ccc(Cl)cc1)C(=O)CCCOc1ccccc1. The minimum atomic E-state index is -0.506. The lowest BCUT2D eigenvalue weighted by Gasteiger charge is -2.30. The Bertz CT molecular complexity index is 765. The van der Waals surface area contributed by atoms with E-state index >= 15 is 0 Å². The highest BCUT2D eigenvalue weighted by atomic mass is 35.5. The maximum atomic E-state index is 13.0. The first kappa shape index (κ1) is 22.8. The maximum absolute atomic E-state index is 13.0. The molecule has 0 saturated heterocycles. The summed E-state index contributed by atoms with van der Waals surface area (Å²) in [7, 11) is 0. The molecular formula is C23H29ClN2O3. The predicted molar refractivity (Wildman–Crippen MR) is 116 cm³/mol. The summed E-state index contributed by atoms with van der Waals surface area (Å²) < 4.78 is 5.68. The van der Waals surface area contributed by atoms with Gasteiger partial charge in [0.05, 0.1) is 6.61 Å². The molecule has 0 spiro atoms. The second-order valence-electron chi connectivity index (χ2n) is 6.73. The number of para-hydroxylation sites is 1. The van der Waals surface area contributed by atoms with Crippen molar-refractivity contribution in [2.45, 2.75) is 45.7 Å². The third kappa shape index (κ3) is 7.42. The van der Waals surface area contributed by atoms with Crippen LogP contribution in [0.4, 0.5) is 0 Å². The Morgan fingerprint density at radius 2 is 1.76 bits per heavy atom. The summed E-state index contributed by atoms with van der Waals surface area (Å²) >= 11 is 5.97. The molecule has 0 aliphatic rings. The van der Waals surface area contributed by atoms with E-state index in [-0.39, 0.29) is 11.8 Å². The second-order valence-corrected chi connectivity index (χ2v) is 7.17. The van der Waals surface area contributed by atoms with E-state index in [1.165, 1.54) is 0 Å². The number of likely N-dealkylation sites (N-methyl/N-ethyl adjacent to an activating group) is 1. The molecule has 2 rings (SSSR count). The normalized spacial score (nSPS) is 11.6. The first-order chi connectivity index (χ1) is 14.0. The number of nitrogens with zero attached hydrogens (tertiary/aromatic N) is 1. The quantitative estimate of drug-likeness (QED) is 0.551. The average Bonchev–Trinajstić information content (AvgIpc) is 2.73. The Hall–Kier alpha value is -2.53. The van der Waals surface area contributed by atoms with Crippen molar-refractivity contribution in [3.05, 3.63) is 65.2 Å². The molecule has 0 aliphatic carbocycles. The predicted octanol–water partition coefficient (Wildman–Crippen LogP) is 4.44.